The SMILES string of the molecule is Cc1ccc(S)cc1C(=O)N1CCC(O)C1. The van der Waals surface area contributed by atoms with E-state index in [-0.39, 0.29) is 12.0 Å². The molecule has 1 aromatic carbocycles. The van der Waals surface area contributed by atoms with E-state index < -0.39 is 0 Å². The molecule has 0 radical (unpaired) electrons. The maximum atomic E-state index is 12.1. The molecule has 1 unspecified atom stereocenters. The molecule has 4 heteroatoms. The van der Waals surface area contributed by atoms with Crippen molar-refractivity contribution < 1.29 is 9.90 Å². The molecule has 0 aliphatic carbocycles. The van der Waals surface area contributed by atoms with Crippen LogP contribution in [0.5, 0.6) is 0 Å². The topological polar surface area (TPSA) is 40.5 Å². The molecule has 1 atom stereocenters. The Morgan fingerprint density at radius 2 is 2.31 bits per heavy atom. The first kappa shape index (κ1) is 11.5. The molecule has 0 bridgehead atoms. The van der Waals surface area contributed by atoms with Crippen LogP contribution in [0.3, 0.4) is 0 Å². The highest BCUT2D eigenvalue weighted by molar-refractivity contribution is 7.80. The maximum absolute atomic E-state index is 12.1. The van der Waals surface area contributed by atoms with Gasteiger partial charge < -0.3 is 10.0 Å². The first-order chi connectivity index (χ1) is 7.58. The lowest BCUT2D eigenvalue weighted by atomic mass is 10.1. The Morgan fingerprint density at radius 3 is 2.94 bits per heavy atom. The highest BCUT2D eigenvalue weighted by atomic mass is 32.1. The minimum absolute atomic E-state index is 0.00931. The molecule has 0 aromatic heterocycles. The van der Waals surface area contributed by atoms with E-state index in [9.17, 15) is 9.90 Å². The standard InChI is InChI=1S/C12H15NO2S/c1-8-2-3-10(16)6-11(8)12(15)13-5-4-9(14)7-13/h2-3,6,9,14,16H,4-5,7H2,1H3. The number of rotatable bonds is 1. The van der Waals surface area contributed by atoms with Gasteiger partial charge in [-0.05, 0) is 31.0 Å². The molecule has 1 amide bonds. The van der Waals surface area contributed by atoms with E-state index in [1.807, 2.05) is 19.1 Å². The van der Waals surface area contributed by atoms with Crippen LogP contribution in [-0.4, -0.2) is 35.1 Å². The zero-order valence-electron chi connectivity index (χ0n) is 9.18. The molecule has 1 fully saturated rings. The summed E-state index contributed by atoms with van der Waals surface area (Å²) in [6.45, 7) is 2.98. The van der Waals surface area contributed by atoms with Gasteiger partial charge in [0, 0.05) is 23.5 Å². The second kappa shape index (κ2) is 4.47. The van der Waals surface area contributed by atoms with E-state index in [1.54, 1.807) is 11.0 Å². The summed E-state index contributed by atoms with van der Waals surface area (Å²) in [5.74, 6) is -0.00931. The van der Waals surface area contributed by atoms with E-state index in [1.165, 1.54) is 0 Å². The fourth-order valence-electron chi connectivity index (χ4n) is 1.94. The lowest BCUT2D eigenvalue weighted by molar-refractivity contribution is 0.0764. The number of aryl methyl sites for hydroxylation is 1. The fourth-order valence-corrected chi connectivity index (χ4v) is 2.14. The predicted octanol–water partition coefficient (Wildman–Crippen LogP) is 1.49. The quantitative estimate of drug-likeness (QED) is 0.727. The lowest BCUT2D eigenvalue weighted by Gasteiger charge is -2.17. The first-order valence-corrected chi connectivity index (χ1v) is 5.79. The van der Waals surface area contributed by atoms with Crippen LogP contribution in [0, 0.1) is 6.92 Å². The molecule has 0 spiro atoms. The van der Waals surface area contributed by atoms with Crippen molar-refractivity contribution in [3.05, 3.63) is 29.3 Å². The Balaban J connectivity index is 2.23. The van der Waals surface area contributed by atoms with Crippen LogP contribution in [0.25, 0.3) is 0 Å². The third kappa shape index (κ3) is 2.23. The average Bonchev–Trinajstić information content (AvgIpc) is 2.67. The zero-order valence-corrected chi connectivity index (χ0v) is 10.1. The minimum atomic E-state index is -0.372. The fraction of sp³-hybridized carbons (Fsp3) is 0.417. The van der Waals surface area contributed by atoms with E-state index in [0.717, 1.165) is 10.5 Å². The van der Waals surface area contributed by atoms with Crippen molar-refractivity contribution in [2.75, 3.05) is 13.1 Å². The summed E-state index contributed by atoms with van der Waals surface area (Å²) < 4.78 is 0. The molecule has 3 nitrogen and oxygen atoms in total. The molecular weight excluding hydrogens is 222 g/mol. The molecule has 1 N–H and O–H groups in total. The summed E-state index contributed by atoms with van der Waals surface area (Å²) in [7, 11) is 0. The molecule has 1 aliphatic heterocycles. The largest absolute Gasteiger partial charge is 0.391 e. The van der Waals surface area contributed by atoms with Crippen LogP contribution in [-0.2, 0) is 0 Å². The van der Waals surface area contributed by atoms with E-state index >= 15 is 0 Å². The zero-order chi connectivity index (χ0) is 11.7. The van der Waals surface area contributed by atoms with Crippen molar-refractivity contribution in [2.45, 2.75) is 24.3 Å². The van der Waals surface area contributed by atoms with E-state index in [2.05, 4.69) is 12.6 Å². The monoisotopic (exact) mass is 237 g/mol. The van der Waals surface area contributed by atoms with Gasteiger partial charge >= 0.3 is 0 Å². The van der Waals surface area contributed by atoms with Gasteiger partial charge in [0.1, 0.15) is 0 Å². The van der Waals surface area contributed by atoms with E-state index in [4.69, 9.17) is 0 Å². The van der Waals surface area contributed by atoms with Gasteiger partial charge in [-0.3, -0.25) is 4.79 Å². The van der Waals surface area contributed by atoms with Crippen molar-refractivity contribution in [2.24, 2.45) is 0 Å². The molecular formula is C12H15NO2S. The Kier molecular flexibility index (Phi) is 3.21. The number of aliphatic hydroxyl groups is 1. The summed E-state index contributed by atoms with van der Waals surface area (Å²) in [5.41, 5.74) is 1.63. The number of likely N-dealkylation sites (tertiary alicyclic amines) is 1. The smallest absolute Gasteiger partial charge is 0.254 e. The van der Waals surface area contributed by atoms with Crippen LogP contribution < -0.4 is 0 Å². The number of aliphatic hydroxyl groups excluding tert-OH is 1. The maximum Gasteiger partial charge on any atom is 0.254 e. The summed E-state index contributed by atoms with van der Waals surface area (Å²) >= 11 is 4.24. The van der Waals surface area contributed by atoms with Crippen molar-refractivity contribution in [1.29, 1.82) is 0 Å². The predicted molar refractivity (Wildman–Crippen MR) is 65.0 cm³/mol. The number of thiol groups is 1. The molecule has 1 heterocycles. The molecule has 1 saturated heterocycles. The molecule has 1 aromatic rings. The molecule has 1 aliphatic rings. The number of hydrogen-bond acceptors (Lipinski definition) is 3. The van der Waals surface area contributed by atoms with Crippen LogP contribution in [0.1, 0.15) is 22.3 Å². The van der Waals surface area contributed by atoms with Gasteiger partial charge in [-0.1, -0.05) is 6.07 Å². The normalized spacial score (nSPS) is 20.2. The Bertz CT molecular complexity index is 419. The second-order valence-electron chi connectivity index (χ2n) is 4.19. The lowest BCUT2D eigenvalue weighted by Crippen LogP contribution is -2.30. The Hall–Kier alpha value is -1.00. The number of carbonyl (C=O) groups excluding carboxylic acids is 1. The van der Waals surface area contributed by atoms with Crippen LogP contribution in [0.4, 0.5) is 0 Å². The molecule has 0 saturated carbocycles. The van der Waals surface area contributed by atoms with Crippen molar-refractivity contribution >= 4 is 18.5 Å². The number of nitrogens with zero attached hydrogens (tertiary/aromatic N) is 1. The number of β-amino-alcohol motifs (C(OH)–C–C–N with tert-alkyl or cyclic N) is 1. The molecule has 86 valence electrons. The Morgan fingerprint density at radius 1 is 1.56 bits per heavy atom. The van der Waals surface area contributed by atoms with Crippen molar-refractivity contribution in [1.82, 2.24) is 4.90 Å². The van der Waals surface area contributed by atoms with E-state index in [0.29, 0.717) is 25.1 Å². The van der Waals surface area contributed by atoms with Crippen molar-refractivity contribution in [3.63, 3.8) is 0 Å². The second-order valence-corrected chi connectivity index (χ2v) is 4.71. The number of amides is 1. The number of benzene rings is 1. The number of carbonyl (C=O) groups is 1. The van der Waals surface area contributed by atoms with Crippen LogP contribution in [0.15, 0.2) is 23.1 Å². The third-order valence-corrected chi connectivity index (χ3v) is 3.18. The highest BCUT2D eigenvalue weighted by Gasteiger charge is 2.26. The van der Waals surface area contributed by atoms with Gasteiger partial charge in [-0.25, -0.2) is 0 Å². The number of hydrogen-bond donors (Lipinski definition) is 2. The molecule has 2 rings (SSSR count). The first-order valence-electron chi connectivity index (χ1n) is 5.35. The van der Waals surface area contributed by atoms with Gasteiger partial charge in [0.15, 0.2) is 0 Å². The molecule has 16 heavy (non-hydrogen) atoms. The highest BCUT2D eigenvalue weighted by Crippen LogP contribution is 2.19. The third-order valence-electron chi connectivity index (χ3n) is 2.90. The van der Waals surface area contributed by atoms with Gasteiger partial charge in [0.2, 0.25) is 0 Å². The summed E-state index contributed by atoms with van der Waals surface area (Å²) in [5, 5.41) is 9.41. The van der Waals surface area contributed by atoms with Gasteiger partial charge in [0.05, 0.1) is 6.10 Å². The average molecular weight is 237 g/mol. The van der Waals surface area contributed by atoms with Gasteiger partial charge in [-0.2, -0.15) is 0 Å². The summed E-state index contributed by atoms with van der Waals surface area (Å²) in [6, 6.07) is 5.54. The summed E-state index contributed by atoms with van der Waals surface area (Å²) in [6.07, 6.45) is 0.300. The van der Waals surface area contributed by atoms with Gasteiger partial charge in [-0.15, -0.1) is 12.6 Å². The van der Waals surface area contributed by atoms with Crippen LogP contribution >= 0.6 is 12.6 Å². The minimum Gasteiger partial charge on any atom is -0.391 e. The van der Waals surface area contributed by atoms with Gasteiger partial charge in [0.25, 0.3) is 5.91 Å². The van der Waals surface area contributed by atoms with Crippen LogP contribution in [0.2, 0.25) is 0 Å². The summed E-state index contributed by atoms with van der Waals surface area (Å²) in [4.78, 5) is 14.6. The Labute approximate surface area is 100 Å². The van der Waals surface area contributed by atoms with Crippen molar-refractivity contribution in [3.8, 4) is 0 Å².